The minimum atomic E-state index is -1.02. The predicted molar refractivity (Wildman–Crippen MR) is 111 cm³/mol. The van der Waals surface area contributed by atoms with Crippen molar-refractivity contribution in [3.8, 4) is 0 Å². The Bertz CT molecular complexity index is 1010. The van der Waals surface area contributed by atoms with Crippen molar-refractivity contribution in [2.75, 3.05) is 23.1 Å². The minimum absolute atomic E-state index is 0.0937. The maximum absolute atomic E-state index is 12.2. The molecule has 1 unspecified atom stereocenters. The Balaban J connectivity index is 1.58. The number of aromatic nitrogens is 1. The largest absolute Gasteiger partial charge is 0.440 e. The number of thioether (sulfide) groups is 1. The summed E-state index contributed by atoms with van der Waals surface area (Å²) in [6, 6.07) is 9.17. The molecule has 29 heavy (non-hydrogen) atoms. The van der Waals surface area contributed by atoms with E-state index in [1.807, 2.05) is 41.8 Å². The molecule has 9 heteroatoms. The number of anilines is 1. The summed E-state index contributed by atoms with van der Waals surface area (Å²) in [6.45, 7) is 2.07. The van der Waals surface area contributed by atoms with Gasteiger partial charge in [-0.15, -0.1) is 0 Å². The SMILES string of the molecule is Cc1cccc2c1N(C1=CC(OC3CSC3)(c3ncccc3Cl)NN1)COC2=O. The van der Waals surface area contributed by atoms with Gasteiger partial charge in [-0.1, -0.05) is 23.7 Å². The van der Waals surface area contributed by atoms with E-state index in [2.05, 4.69) is 15.8 Å². The molecular weight excluding hydrogens is 412 g/mol. The van der Waals surface area contributed by atoms with E-state index < -0.39 is 5.72 Å². The highest BCUT2D eigenvalue weighted by Gasteiger charge is 2.44. The summed E-state index contributed by atoms with van der Waals surface area (Å²) in [4.78, 5) is 18.6. The highest BCUT2D eigenvalue weighted by atomic mass is 35.5. The number of cyclic esters (lactones) is 1. The maximum Gasteiger partial charge on any atom is 0.342 e. The number of para-hydroxylation sites is 1. The first-order valence-electron chi connectivity index (χ1n) is 9.24. The fourth-order valence-electron chi connectivity index (χ4n) is 3.66. The first-order chi connectivity index (χ1) is 14.1. The number of rotatable bonds is 4. The van der Waals surface area contributed by atoms with Crippen molar-refractivity contribution in [3.05, 3.63) is 70.3 Å². The summed E-state index contributed by atoms with van der Waals surface area (Å²) >= 11 is 8.30. The van der Waals surface area contributed by atoms with Crippen molar-refractivity contribution in [1.29, 1.82) is 0 Å². The van der Waals surface area contributed by atoms with Crippen LogP contribution in [0.1, 0.15) is 21.6 Å². The lowest BCUT2D eigenvalue weighted by Crippen LogP contribution is -2.50. The highest BCUT2D eigenvalue weighted by molar-refractivity contribution is 8.00. The van der Waals surface area contributed by atoms with E-state index in [-0.39, 0.29) is 18.8 Å². The van der Waals surface area contributed by atoms with Crippen LogP contribution in [-0.2, 0) is 15.2 Å². The third-order valence-electron chi connectivity index (χ3n) is 5.13. The van der Waals surface area contributed by atoms with E-state index >= 15 is 0 Å². The van der Waals surface area contributed by atoms with Crippen LogP contribution < -0.4 is 15.8 Å². The Hall–Kier alpha value is -2.26. The van der Waals surface area contributed by atoms with Gasteiger partial charge in [-0.05, 0) is 30.7 Å². The molecule has 3 aliphatic rings. The summed E-state index contributed by atoms with van der Waals surface area (Å²) in [7, 11) is 0. The Morgan fingerprint density at radius 2 is 2.21 bits per heavy atom. The number of nitrogens with zero attached hydrogens (tertiary/aromatic N) is 2. The molecular formula is C20H19ClN4O3S. The average Bonchev–Trinajstić information content (AvgIpc) is 3.11. The lowest BCUT2D eigenvalue weighted by atomic mass is 10.1. The van der Waals surface area contributed by atoms with Crippen molar-refractivity contribution in [2.24, 2.45) is 0 Å². The number of hydrogen-bond acceptors (Lipinski definition) is 8. The molecule has 5 rings (SSSR count). The average molecular weight is 431 g/mol. The quantitative estimate of drug-likeness (QED) is 0.717. The highest BCUT2D eigenvalue weighted by Crippen LogP contribution is 2.39. The third-order valence-corrected chi connectivity index (χ3v) is 6.65. The van der Waals surface area contributed by atoms with Gasteiger partial charge in [0.05, 0.1) is 22.4 Å². The monoisotopic (exact) mass is 430 g/mol. The lowest BCUT2D eigenvalue weighted by molar-refractivity contribution is -0.0762. The fraction of sp³-hybridized carbons (Fsp3) is 0.300. The second kappa shape index (κ2) is 7.21. The molecule has 1 atom stereocenters. The standard InChI is InChI=1S/C20H19ClN4O3S/c1-12-4-2-5-14-17(12)25(11-27-19(14)26)16-8-20(24-23-16,28-13-9-29-10-13)18-15(21)6-3-7-22-18/h2-8,13,23-24H,9-11H2,1H3. The van der Waals surface area contributed by atoms with Gasteiger partial charge in [0.1, 0.15) is 11.5 Å². The summed E-state index contributed by atoms with van der Waals surface area (Å²) < 4.78 is 11.8. The van der Waals surface area contributed by atoms with Gasteiger partial charge in [0.25, 0.3) is 0 Å². The van der Waals surface area contributed by atoms with Crippen LogP contribution in [-0.4, -0.2) is 35.3 Å². The van der Waals surface area contributed by atoms with E-state index in [0.29, 0.717) is 22.1 Å². The number of hydrazine groups is 1. The molecule has 150 valence electrons. The molecule has 1 fully saturated rings. The summed E-state index contributed by atoms with van der Waals surface area (Å²) in [6.07, 6.45) is 3.70. The van der Waals surface area contributed by atoms with Gasteiger partial charge in [-0.3, -0.25) is 9.88 Å². The van der Waals surface area contributed by atoms with Crippen LogP contribution in [0.2, 0.25) is 5.02 Å². The van der Waals surface area contributed by atoms with Crippen molar-refractivity contribution in [3.63, 3.8) is 0 Å². The summed E-state index contributed by atoms with van der Waals surface area (Å²) in [5.74, 6) is 2.22. The molecule has 4 heterocycles. The zero-order valence-corrected chi connectivity index (χ0v) is 17.2. The number of ether oxygens (including phenoxy) is 2. The topological polar surface area (TPSA) is 75.7 Å². The second-order valence-corrected chi connectivity index (χ2v) is 8.57. The zero-order chi connectivity index (χ0) is 20.0. The molecule has 0 saturated carbocycles. The van der Waals surface area contributed by atoms with Crippen LogP contribution >= 0.6 is 23.4 Å². The molecule has 0 bridgehead atoms. The number of nitrogens with one attached hydrogen (secondary N) is 2. The van der Waals surface area contributed by atoms with Crippen molar-refractivity contribution in [2.45, 2.75) is 18.8 Å². The van der Waals surface area contributed by atoms with Crippen LogP contribution in [0.15, 0.2) is 48.4 Å². The molecule has 0 spiro atoms. The number of fused-ring (bicyclic) bond motifs is 1. The number of pyridine rings is 1. The van der Waals surface area contributed by atoms with E-state index in [9.17, 15) is 4.79 Å². The molecule has 1 aromatic carbocycles. The number of carbonyl (C=O) groups is 1. The molecule has 1 saturated heterocycles. The molecule has 0 radical (unpaired) electrons. The minimum Gasteiger partial charge on any atom is -0.440 e. The van der Waals surface area contributed by atoms with E-state index in [4.69, 9.17) is 21.1 Å². The van der Waals surface area contributed by atoms with Crippen LogP contribution in [0.25, 0.3) is 0 Å². The Labute approximate surface area is 177 Å². The first kappa shape index (κ1) is 18.7. The lowest BCUT2D eigenvalue weighted by Gasteiger charge is -2.35. The van der Waals surface area contributed by atoms with Crippen molar-refractivity contribution < 1.29 is 14.3 Å². The van der Waals surface area contributed by atoms with Gasteiger partial charge >= 0.3 is 5.97 Å². The summed E-state index contributed by atoms with van der Waals surface area (Å²) in [5, 5.41) is 0.507. The van der Waals surface area contributed by atoms with Gasteiger partial charge in [0.15, 0.2) is 6.73 Å². The summed E-state index contributed by atoms with van der Waals surface area (Å²) in [5.41, 5.74) is 8.31. The van der Waals surface area contributed by atoms with Gasteiger partial charge in [0.2, 0.25) is 5.72 Å². The predicted octanol–water partition coefficient (Wildman–Crippen LogP) is 2.91. The number of benzene rings is 1. The Kier molecular flexibility index (Phi) is 4.66. The van der Waals surface area contributed by atoms with E-state index in [1.54, 1.807) is 24.4 Å². The molecule has 7 nitrogen and oxygen atoms in total. The van der Waals surface area contributed by atoms with Crippen LogP contribution in [0.5, 0.6) is 0 Å². The van der Waals surface area contributed by atoms with Crippen LogP contribution in [0, 0.1) is 6.92 Å². The van der Waals surface area contributed by atoms with Gasteiger partial charge in [-0.25, -0.2) is 4.79 Å². The van der Waals surface area contributed by atoms with Gasteiger partial charge in [0, 0.05) is 23.8 Å². The normalized spacial score (nSPS) is 23.7. The number of aryl methyl sites for hydroxylation is 1. The van der Waals surface area contributed by atoms with Gasteiger partial charge in [-0.2, -0.15) is 17.2 Å². The fourth-order valence-corrected chi connectivity index (χ4v) is 4.48. The zero-order valence-electron chi connectivity index (χ0n) is 15.6. The van der Waals surface area contributed by atoms with Gasteiger partial charge < -0.3 is 14.9 Å². The van der Waals surface area contributed by atoms with Crippen molar-refractivity contribution >= 4 is 35.0 Å². The number of hydrogen-bond donors (Lipinski definition) is 2. The second-order valence-electron chi connectivity index (χ2n) is 7.09. The smallest absolute Gasteiger partial charge is 0.342 e. The van der Waals surface area contributed by atoms with Crippen molar-refractivity contribution in [1.82, 2.24) is 15.8 Å². The molecule has 0 amide bonds. The van der Waals surface area contributed by atoms with Crippen LogP contribution in [0.3, 0.4) is 0 Å². The number of esters is 1. The van der Waals surface area contributed by atoms with E-state index in [0.717, 1.165) is 22.8 Å². The molecule has 2 N–H and O–H groups in total. The number of halogens is 1. The molecule has 2 aromatic rings. The number of carbonyl (C=O) groups excluding carboxylic acids is 1. The first-order valence-corrected chi connectivity index (χ1v) is 10.8. The van der Waals surface area contributed by atoms with E-state index in [1.165, 1.54) is 0 Å². The third kappa shape index (κ3) is 3.16. The molecule has 3 aliphatic heterocycles. The maximum atomic E-state index is 12.2. The molecule has 0 aliphatic carbocycles. The van der Waals surface area contributed by atoms with Crippen LogP contribution in [0.4, 0.5) is 5.69 Å². The molecule has 1 aromatic heterocycles. The Morgan fingerprint density at radius 3 is 2.97 bits per heavy atom. The Morgan fingerprint density at radius 1 is 1.34 bits per heavy atom.